The second-order valence-corrected chi connectivity index (χ2v) is 7.48. The molecule has 2 aromatic carbocycles. The number of anilines is 1. The average molecular weight is 377 g/mol. The summed E-state index contributed by atoms with van der Waals surface area (Å²) in [7, 11) is 5.64. The van der Waals surface area contributed by atoms with E-state index in [0.717, 1.165) is 41.7 Å². The van der Waals surface area contributed by atoms with E-state index in [2.05, 4.69) is 53.7 Å². The van der Waals surface area contributed by atoms with Crippen LogP contribution in [-0.4, -0.2) is 31.3 Å². The van der Waals surface area contributed by atoms with E-state index in [1.807, 2.05) is 19.2 Å². The first kappa shape index (κ1) is 18.6. The van der Waals surface area contributed by atoms with Gasteiger partial charge in [-0.1, -0.05) is 30.3 Å². The Morgan fingerprint density at radius 2 is 1.93 bits per heavy atom. The number of benzene rings is 2. The molecule has 0 radical (unpaired) electrons. The zero-order valence-corrected chi connectivity index (χ0v) is 16.7. The smallest absolute Gasteiger partial charge is 0.250 e. The van der Waals surface area contributed by atoms with Gasteiger partial charge in [-0.2, -0.15) is 0 Å². The second-order valence-electron chi connectivity index (χ2n) is 7.48. The van der Waals surface area contributed by atoms with Crippen LogP contribution in [0.4, 0.5) is 5.69 Å². The van der Waals surface area contributed by atoms with Gasteiger partial charge in [0, 0.05) is 31.6 Å². The molecule has 1 saturated heterocycles. The number of rotatable bonds is 4. The van der Waals surface area contributed by atoms with E-state index in [0.29, 0.717) is 6.04 Å². The number of hydrogen-bond acceptors (Lipinski definition) is 4. The summed E-state index contributed by atoms with van der Waals surface area (Å²) in [4.78, 5) is 14.4. The lowest BCUT2D eigenvalue weighted by molar-refractivity contribution is 0.345. The summed E-state index contributed by atoms with van der Waals surface area (Å²) in [6.45, 7) is 1.02. The van der Waals surface area contributed by atoms with Gasteiger partial charge in [-0.15, -0.1) is 0 Å². The van der Waals surface area contributed by atoms with E-state index >= 15 is 0 Å². The third-order valence-electron chi connectivity index (χ3n) is 5.89. The Labute approximate surface area is 165 Å². The molecule has 146 valence electrons. The van der Waals surface area contributed by atoms with Gasteiger partial charge in [-0.05, 0) is 43.1 Å². The molecule has 28 heavy (non-hydrogen) atoms. The Morgan fingerprint density at radius 3 is 2.68 bits per heavy atom. The van der Waals surface area contributed by atoms with Gasteiger partial charge in [0.25, 0.3) is 5.56 Å². The molecule has 0 aliphatic carbocycles. The van der Waals surface area contributed by atoms with Gasteiger partial charge in [-0.3, -0.25) is 4.79 Å². The number of piperidine rings is 1. The molecule has 3 aromatic rings. The zero-order chi connectivity index (χ0) is 19.7. The number of likely N-dealkylation sites (N-methyl/N-ethyl adjacent to an activating group) is 1. The topological polar surface area (TPSA) is 46.5 Å². The van der Waals surface area contributed by atoms with Crippen molar-refractivity contribution < 1.29 is 4.74 Å². The predicted octanol–water partition coefficient (Wildman–Crippen LogP) is 3.48. The van der Waals surface area contributed by atoms with Crippen molar-refractivity contribution >= 4 is 16.6 Å². The van der Waals surface area contributed by atoms with Crippen LogP contribution in [0.3, 0.4) is 0 Å². The minimum atomic E-state index is -0.00670. The molecule has 2 heterocycles. The first-order valence-corrected chi connectivity index (χ1v) is 9.79. The fraction of sp³-hybridized carbons (Fsp3) is 0.348. The normalized spacial score (nSPS) is 19.5. The van der Waals surface area contributed by atoms with Gasteiger partial charge in [-0.25, -0.2) is 0 Å². The average Bonchev–Trinajstić information content (AvgIpc) is 2.75. The molecule has 0 saturated carbocycles. The number of methoxy groups -OCH3 is 1. The number of nitrogens with one attached hydrogen (secondary N) is 1. The summed E-state index contributed by atoms with van der Waals surface area (Å²) in [5, 5.41) is 4.69. The minimum absolute atomic E-state index is 0.00670. The quantitative estimate of drug-likeness (QED) is 0.756. The van der Waals surface area contributed by atoms with Crippen LogP contribution < -0.4 is 20.5 Å². The highest BCUT2D eigenvalue weighted by molar-refractivity contribution is 5.86. The van der Waals surface area contributed by atoms with E-state index in [9.17, 15) is 4.79 Å². The highest BCUT2D eigenvalue weighted by Gasteiger charge is 2.30. The van der Waals surface area contributed by atoms with Crippen molar-refractivity contribution in [2.24, 2.45) is 7.05 Å². The van der Waals surface area contributed by atoms with Crippen LogP contribution in [0.5, 0.6) is 5.75 Å². The van der Waals surface area contributed by atoms with E-state index in [-0.39, 0.29) is 11.6 Å². The maximum Gasteiger partial charge on any atom is 0.250 e. The fourth-order valence-corrected chi connectivity index (χ4v) is 4.30. The molecule has 4 rings (SSSR count). The Morgan fingerprint density at radius 1 is 1.14 bits per heavy atom. The largest absolute Gasteiger partial charge is 0.495 e. The number of hydrogen-bond donors (Lipinski definition) is 1. The molecule has 1 aromatic heterocycles. The Kier molecular flexibility index (Phi) is 5.09. The van der Waals surface area contributed by atoms with Gasteiger partial charge in [0.05, 0.1) is 24.4 Å². The van der Waals surface area contributed by atoms with Gasteiger partial charge in [0.1, 0.15) is 5.75 Å². The summed E-state index contributed by atoms with van der Waals surface area (Å²) in [6, 6.07) is 18.7. The summed E-state index contributed by atoms with van der Waals surface area (Å²) >= 11 is 0. The SMILES string of the molecule is COc1cc2ccc(=O)n(C)c2cc1N(C)[C@H]1CCCN[C@H]1c1ccccc1. The van der Waals surface area contributed by atoms with Crippen LogP contribution in [0, 0.1) is 0 Å². The Balaban J connectivity index is 1.79. The molecular weight excluding hydrogens is 350 g/mol. The Hall–Kier alpha value is -2.79. The van der Waals surface area contributed by atoms with Crippen LogP contribution >= 0.6 is 0 Å². The van der Waals surface area contributed by atoms with E-state index in [4.69, 9.17) is 4.74 Å². The first-order chi connectivity index (χ1) is 13.6. The molecular formula is C23H27N3O2. The maximum absolute atomic E-state index is 12.1. The third kappa shape index (κ3) is 3.27. The molecule has 0 bridgehead atoms. The zero-order valence-electron chi connectivity index (χ0n) is 16.7. The molecule has 1 aliphatic heterocycles. The van der Waals surface area contributed by atoms with E-state index in [1.54, 1.807) is 17.7 Å². The van der Waals surface area contributed by atoms with Crippen LogP contribution in [0.15, 0.2) is 59.4 Å². The molecule has 2 atom stereocenters. The maximum atomic E-state index is 12.1. The Bertz CT molecular complexity index is 1030. The van der Waals surface area contributed by atoms with Crippen molar-refractivity contribution in [1.82, 2.24) is 9.88 Å². The molecule has 0 spiro atoms. The second kappa shape index (κ2) is 7.68. The van der Waals surface area contributed by atoms with Crippen LogP contribution in [-0.2, 0) is 7.05 Å². The van der Waals surface area contributed by atoms with Crippen LogP contribution in [0.1, 0.15) is 24.4 Å². The molecule has 1 fully saturated rings. The van der Waals surface area contributed by atoms with Crippen molar-refractivity contribution in [2.45, 2.75) is 24.9 Å². The molecule has 0 unspecified atom stereocenters. The highest BCUT2D eigenvalue weighted by Crippen LogP contribution is 2.37. The monoisotopic (exact) mass is 377 g/mol. The number of nitrogens with zero attached hydrogens (tertiary/aromatic N) is 2. The minimum Gasteiger partial charge on any atom is -0.495 e. The van der Waals surface area contributed by atoms with E-state index < -0.39 is 0 Å². The standard InChI is InChI=1S/C23H27N3O2/c1-25(18-10-7-13-24-23(18)16-8-5-4-6-9-16)20-15-19-17(14-21(20)28-3)11-12-22(27)26(19)2/h4-6,8-9,11-12,14-15,18,23-24H,7,10,13H2,1-3H3/t18-,23-/m0/s1. The third-order valence-corrected chi connectivity index (χ3v) is 5.89. The molecule has 5 heteroatoms. The number of pyridine rings is 1. The van der Waals surface area contributed by atoms with Gasteiger partial charge in [0.15, 0.2) is 0 Å². The van der Waals surface area contributed by atoms with Crippen LogP contribution in [0.2, 0.25) is 0 Å². The van der Waals surface area contributed by atoms with Crippen molar-refractivity contribution in [1.29, 1.82) is 0 Å². The summed E-state index contributed by atoms with van der Waals surface area (Å²) in [5.41, 5.74) is 3.21. The van der Waals surface area contributed by atoms with Gasteiger partial charge < -0.3 is 19.5 Å². The summed E-state index contributed by atoms with van der Waals surface area (Å²) in [6.07, 6.45) is 2.23. The summed E-state index contributed by atoms with van der Waals surface area (Å²) < 4.78 is 7.42. The lowest BCUT2D eigenvalue weighted by Gasteiger charge is -2.40. The fourth-order valence-electron chi connectivity index (χ4n) is 4.30. The molecule has 5 nitrogen and oxygen atoms in total. The van der Waals surface area contributed by atoms with E-state index in [1.165, 1.54) is 5.56 Å². The van der Waals surface area contributed by atoms with Crippen molar-refractivity contribution in [3.63, 3.8) is 0 Å². The number of aryl methyl sites for hydroxylation is 1. The molecule has 1 N–H and O–H groups in total. The lowest BCUT2D eigenvalue weighted by atomic mass is 9.91. The van der Waals surface area contributed by atoms with Crippen molar-refractivity contribution in [3.05, 3.63) is 70.5 Å². The molecule has 1 aliphatic rings. The first-order valence-electron chi connectivity index (χ1n) is 9.79. The number of aromatic nitrogens is 1. The van der Waals surface area contributed by atoms with Crippen molar-refractivity contribution in [3.8, 4) is 5.75 Å². The highest BCUT2D eigenvalue weighted by atomic mass is 16.5. The molecule has 0 amide bonds. The number of fused-ring (bicyclic) bond motifs is 1. The van der Waals surface area contributed by atoms with Gasteiger partial charge >= 0.3 is 0 Å². The predicted molar refractivity (Wildman–Crippen MR) is 114 cm³/mol. The van der Waals surface area contributed by atoms with Gasteiger partial charge in [0.2, 0.25) is 0 Å². The summed E-state index contributed by atoms with van der Waals surface area (Å²) in [5.74, 6) is 0.825. The lowest BCUT2D eigenvalue weighted by Crippen LogP contribution is -2.47. The number of ether oxygens (including phenoxy) is 1. The van der Waals surface area contributed by atoms with Crippen LogP contribution in [0.25, 0.3) is 10.9 Å². The van der Waals surface area contributed by atoms with Crippen molar-refractivity contribution in [2.75, 3.05) is 25.6 Å².